The number of rotatable bonds is 0. The molecule has 0 fully saturated rings. The molecule has 2 heterocycles. The van der Waals surface area contributed by atoms with Crippen LogP contribution >= 0.6 is 0 Å². The Morgan fingerprint density at radius 3 is 2.74 bits per heavy atom. The summed E-state index contributed by atoms with van der Waals surface area (Å²) < 4.78 is 0. The van der Waals surface area contributed by atoms with Crippen LogP contribution in [-0.2, 0) is 0 Å². The maximum Gasteiger partial charge on any atom is 0.167 e. The van der Waals surface area contributed by atoms with E-state index >= 15 is 0 Å². The molecule has 1 N–H and O–H groups in total. The molecule has 0 radical (unpaired) electrons. The third-order valence-corrected chi connectivity index (χ3v) is 3.51. The summed E-state index contributed by atoms with van der Waals surface area (Å²) in [6, 6.07) is 16.2. The van der Waals surface area contributed by atoms with E-state index in [1.165, 1.54) is 5.39 Å². The molecule has 0 unspecified atom stereocenters. The van der Waals surface area contributed by atoms with Gasteiger partial charge in [-0.25, -0.2) is 0 Å². The van der Waals surface area contributed by atoms with Crippen LogP contribution in [0.25, 0.3) is 22.2 Å². The first kappa shape index (κ1) is 10.4. The summed E-state index contributed by atoms with van der Waals surface area (Å²) in [5, 5.41) is 5.40. The van der Waals surface area contributed by atoms with E-state index in [0.717, 1.165) is 33.8 Å². The van der Waals surface area contributed by atoms with Gasteiger partial charge in [-0.1, -0.05) is 35.5 Å². The fraction of sp³-hybridized carbons (Fsp3) is 0.0625. The lowest BCUT2D eigenvalue weighted by atomic mass is 10.0. The zero-order chi connectivity index (χ0) is 12.8. The van der Waals surface area contributed by atoms with Crippen LogP contribution in [0.2, 0.25) is 0 Å². The normalized spacial score (nSPS) is 13.2. The number of fused-ring (bicyclic) bond motifs is 5. The molecule has 0 atom stereocenters. The van der Waals surface area contributed by atoms with Gasteiger partial charge in [0.1, 0.15) is 0 Å². The highest BCUT2D eigenvalue weighted by molar-refractivity contribution is 6.15. The van der Waals surface area contributed by atoms with Crippen molar-refractivity contribution in [3.8, 4) is 17.0 Å². The fourth-order valence-corrected chi connectivity index (χ4v) is 2.64. The lowest BCUT2D eigenvalue weighted by Gasteiger charge is -2.02. The van der Waals surface area contributed by atoms with Crippen molar-refractivity contribution in [2.75, 3.05) is 0 Å². The number of aromatic nitrogens is 1. The minimum Gasteiger partial charge on any atom is -0.356 e. The summed E-state index contributed by atoms with van der Waals surface area (Å²) in [6.07, 6.45) is 0. The number of para-hydroxylation sites is 2. The summed E-state index contributed by atoms with van der Waals surface area (Å²) in [4.78, 5) is 9.00. The molecule has 2 aromatic carbocycles. The molecule has 0 aliphatic carbocycles. The van der Waals surface area contributed by atoms with Crippen molar-refractivity contribution in [1.82, 2.24) is 4.98 Å². The molecule has 92 valence electrons. The van der Waals surface area contributed by atoms with Crippen molar-refractivity contribution >= 4 is 16.6 Å². The monoisotopic (exact) mass is 248 g/mol. The van der Waals surface area contributed by atoms with Gasteiger partial charge in [-0.2, -0.15) is 0 Å². The van der Waals surface area contributed by atoms with E-state index in [0.29, 0.717) is 0 Å². The fourth-order valence-electron chi connectivity index (χ4n) is 2.64. The van der Waals surface area contributed by atoms with Crippen LogP contribution in [-0.4, -0.2) is 10.7 Å². The van der Waals surface area contributed by atoms with Gasteiger partial charge in [0.25, 0.3) is 0 Å². The Morgan fingerprint density at radius 2 is 1.79 bits per heavy atom. The Kier molecular flexibility index (Phi) is 2.03. The predicted octanol–water partition coefficient (Wildman–Crippen LogP) is 3.95. The van der Waals surface area contributed by atoms with E-state index in [-0.39, 0.29) is 0 Å². The second-order valence-corrected chi connectivity index (χ2v) is 4.68. The minimum absolute atomic E-state index is 0.784. The molecular formula is C16H12N2O. The average molecular weight is 248 g/mol. The van der Waals surface area contributed by atoms with Crippen LogP contribution < -0.4 is 4.84 Å². The smallest absolute Gasteiger partial charge is 0.167 e. The predicted molar refractivity (Wildman–Crippen MR) is 76.6 cm³/mol. The van der Waals surface area contributed by atoms with Gasteiger partial charge in [0.15, 0.2) is 5.75 Å². The van der Waals surface area contributed by atoms with E-state index in [1.807, 2.05) is 37.3 Å². The zero-order valence-corrected chi connectivity index (χ0v) is 10.5. The van der Waals surface area contributed by atoms with Gasteiger partial charge in [-0.15, -0.1) is 0 Å². The zero-order valence-electron chi connectivity index (χ0n) is 10.5. The highest BCUT2D eigenvalue weighted by Crippen LogP contribution is 2.37. The number of nitrogens with zero attached hydrogens (tertiary/aromatic N) is 1. The average Bonchev–Trinajstić information content (AvgIpc) is 2.78. The largest absolute Gasteiger partial charge is 0.356 e. The van der Waals surface area contributed by atoms with Crippen LogP contribution in [0.3, 0.4) is 0 Å². The van der Waals surface area contributed by atoms with Crippen molar-refractivity contribution in [3.05, 3.63) is 54.1 Å². The second kappa shape index (κ2) is 3.72. The number of aromatic amines is 1. The van der Waals surface area contributed by atoms with Crippen LogP contribution in [0.5, 0.6) is 5.75 Å². The molecule has 3 heteroatoms. The first-order chi connectivity index (χ1) is 9.34. The molecule has 1 aromatic heterocycles. The summed E-state index contributed by atoms with van der Waals surface area (Å²) in [7, 11) is 0. The van der Waals surface area contributed by atoms with Gasteiger partial charge < -0.3 is 9.82 Å². The van der Waals surface area contributed by atoms with E-state index in [4.69, 9.17) is 4.84 Å². The SMILES string of the molecule is CC1=NOc2ccccc2-c2[nH]c3ccccc3c21. The molecule has 1 aliphatic rings. The highest BCUT2D eigenvalue weighted by Gasteiger charge is 2.21. The summed E-state index contributed by atoms with van der Waals surface area (Å²) in [6.45, 7) is 1.98. The number of benzene rings is 2. The molecule has 0 bridgehead atoms. The van der Waals surface area contributed by atoms with Crippen molar-refractivity contribution in [3.63, 3.8) is 0 Å². The van der Waals surface area contributed by atoms with Crippen LogP contribution in [0.4, 0.5) is 0 Å². The Labute approximate surface area is 110 Å². The summed E-state index contributed by atoms with van der Waals surface area (Å²) >= 11 is 0. The highest BCUT2D eigenvalue weighted by atomic mass is 16.6. The number of hydrogen-bond acceptors (Lipinski definition) is 2. The Hall–Kier alpha value is -2.55. The van der Waals surface area contributed by atoms with Crippen LogP contribution in [0.1, 0.15) is 12.5 Å². The van der Waals surface area contributed by atoms with Crippen LogP contribution in [0.15, 0.2) is 53.7 Å². The van der Waals surface area contributed by atoms with E-state index < -0.39 is 0 Å². The Morgan fingerprint density at radius 1 is 1.00 bits per heavy atom. The summed E-state index contributed by atoms with van der Waals surface area (Å²) in [5.41, 5.74) is 5.27. The first-order valence-electron chi connectivity index (χ1n) is 6.27. The standard InChI is InChI=1S/C16H12N2O/c1-10-15-11-6-2-4-8-13(11)17-16(15)12-7-3-5-9-14(12)19-18-10/h2-9,17H,1H3. The Bertz CT molecular complexity index is 814. The summed E-state index contributed by atoms with van der Waals surface area (Å²) in [5.74, 6) is 0.784. The van der Waals surface area contributed by atoms with Crippen molar-refractivity contribution in [1.29, 1.82) is 0 Å². The van der Waals surface area contributed by atoms with Crippen molar-refractivity contribution < 1.29 is 4.84 Å². The van der Waals surface area contributed by atoms with E-state index in [2.05, 4.69) is 28.3 Å². The van der Waals surface area contributed by atoms with Crippen molar-refractivity contribution in [2.24, 2.45) is 5.16 Å². The molecular weight excluding hydrogens is 236 g/mol. The molecule has 3 nitrogen and oxygen atoms in total. The van der Waals surface area contributed by atoms with Crippen molar-refractivity contribution in [2.45, 2.75) is 6.92 Å². The molecule has 0 spiro atoms. The van der Waals surface area contributed by atoms with E-state index in [9.17, 15) is 0 Å². The van der Waals surface area contributed by atoms with Gasteiger partial charge in [0.2, 0.25) is 0 Å². The van der Waals surface area contributed by atoms with Gasteiger partial charge >= 0.3 is 0 Å². The molecule has 19 heavy (non-hydrogen) atoms. The molecule has 0 saturated carbocycles. The van der Waals surface area contributed by atoms with Gasteiger partial charge in [0, 0.05) is 22.0 Å². The molecule has 1 aliphatic heterocycles. The number of nitrogens with one attached hydrogen (secondary N) is 1. The number of hydrogen-bond donors (Lipinski definition) is 1. The lowest BCUT2D eigenvalue weighted by molar-refractivity contribution is 0.344. The first-order valence-corrected chi connectivity index (χ1v) is 6.27. The van der Waals surface area contributed by atoms with Gasteiger partial charge in [-0.3, -0.25) is 0 Å². The minimum atomic E-state index is 0.784. The number of oxime groups is 1. The quantitative estimate of drug-likeness (QED) is 0.642. The van der Waals surface area contributed by atoms with Gasteiger partial charge in [-0.05, 0) is 25.1 Å². The third kappa shape index (κ3) is 1.41. The topological polar surface area (TPSA) is 37.4 Å². The lowest BCUT2D eigenvalue weighted by Crippen LogP contribution is -1.95. The maximum atomic E-state index is 5.52. The van der Waals surface area contributed by atoms with E-state index in [1.54, 1.807) is 0 Å². The Balaban J connectivity index is 2.16. The number of H-pyrrole nitrogens is 1. The molecule has 4 rings (SSSR count). The molecule has 0 saturated heterocycles. The van der Waals surface area contributed by atoms with Crippen LogP contribution in [0, 0.1) is 0 Å². The second-order valence-electron chi connectivity index (χ2n) is 4.68. The molecule has 0 amide bonds. The van der Waals surface area contributed by atoms with Gasteiger partial charge in [0.05, 0.1) is 11.4 Å². The maximum absolute atomic E-state index is 5.52. The third-order valence-electron chi connectivity index (χ3n) is 3.51. The molecule has 3 aromatic rings.